The topological polar surface area (TPSA) is 88.3 Å². The summed E-state index contributed by atoms with van der Waals surface area (Å²) in [6.45, 7) is 9.22. The number of benzene rings is 3. The van der Waals surface area contributed by atoms with Crippen LogP contribution in [-0.4, -0.2) is 70.0 Å². The maximum Gasteiger partial charge on any atom is 0.346 e. The molecule has 2 atom stereocenters. The molecule has 0 N–H and O–H groups in total. The van der Waals surface area contributed by atoms with Gasteiger partial charge in [0.25, 0.3) is 0 Å². The molecule has 2 fully saturated rings. The van der Waals surface area contributed by atoms with E-state index in [-0.39, 0.29) is 16.8 Å². The number of unbranched alkanes of at least 4 members (excludes halogenated alkanes) is 2. The van der Waals surface area contributed by atoms with E-state index >= 15 is 0 Å². The van der Waals surface area contributed by atoms with Gasteiger partial charge in [0.2, 0.25) is 0 Å². The monoisotopic (exact) mass is 608 g/mol. The van der Waals surface area contributed by atoms with Crippen LogP contribution in [0.1, 0.15) is 49.9 Å². The van der Waals surface area contributed by atoms with Crippen LogP contribution in [-0.2, 0) is 18.9 Å². The lowest BCUT2D eigenvalue weighted by Gasteiger charge is -2.10. The average Bonchev–Trinajstić information content (AvgIpc) is 3.95. The molecular formula is C35H41FO8. The molecule has 2 unspecified atom stereocenters. The van der Waals surface area contributed by atoms with E-state index < -0.39 is 11.8 Å². The van der Waals surface area contributed by atoms with Crippen molar-refractivity contribution in [3.63, 3.8) is 0 Å². The summed E-state index contributed by atoms with van der Waals surface area (Å²) in [6.07, 6.45) is 3.44. The molecule has 9 heteroatoms. The van der Waals surface area contributed by atoms with E-state index in [1.807, 2.05) is 43.3 Å². The second-order valence-corrected chi connectivity index (χ2v) is 11.8. The fourth-order valence-corrected chi connectivity index (χ4v) is 4.35. The summed E-state index contributed by atoms with van der Waals surface area (Å²) >= 11 is 0. The number of epoxide rings is 2. The molecule has 0 saturated carbocycles. The molecule has 0 aliphatic carbocycles. The standard InChI is InChI=1S/C35H41FO8/c1-34(24-42-34)22-38-17-3-5-19-40-28-11-7-26(8-12-28)27-9-13-29(14-10-27)44-33(37)31-16-15-30(21-32(31)36)41-20-6-4-18-39-23-35(2)25-43-35/h7-16,21H,3-6,17-20,22-25H2,1-2H3. The first-order valence-electron chi connectivity index (χ1n) is 15.2. The molecule has 0 spiro atoms. The van der Waals surface area contributed by atoms with Crippen LogP contribution >= 0.6 is 0 Å². The van der Waals surface area contributed by atoms with Crippen LogP contribution in [0.4, 0.5) is 4.39 Å². The summed E-state index contributed by atoms with van der Waals surface area (Å²) in [5.41, 5.74) is 1.62. The van der Waals surface area contributed by atoms with E-state index in [2.05, 4.69) is 6.92 Å². The first-order valence-corrected chi connectivity index (χ1v) is 15.2. The Balaban J connectivity index is 0.995. The van der Waals surface area contributed by atoms with Crippen LogP contribution in [0.25, 0.3) is 11.1 Å². The van der Waals surface area contributed by atoms with Crippen molar-refractivity contribution >= 4 is 5.97 Å². The molecule has 8 nitrogen and oxygen atoms in total. The van der Waals surface area contributed by atoms with E-state index in [4.69, 9.17) is 33.2 Å². The first-order chi connectivity index (χ1) is 21.3. The third-order valence-corrected chi connectivity index (χ3v) is 7.41. The fourth-order valence-electron chi connectivity index (χ4n) is 4.35. The summed E-state index contributed by atoms with van der Waals surface area (Å²) in [5.74, 6) is 0.0200. The van der Waals surface area contributed by atoms with E-state index in [1.54, 1.807) is 18.2 Å². The number of hydrogen-bond donors (Lipinski definition) is 0. The number of hydrogen-bond acceptors (Lipinski definition) is 8. The Kier molecular flexibility index (Phi) is 10.9. The van der Waals surface area contributed by atoms with E-state index in [1.165, 1.54) is 12.1 Å². The van der Waals surface area contributed by atoms with E-state index in [0.29, 0.717) is 51.1 Å². The van der Waals surface area contributed by atoms with Gasteiger partial charge in [0, 0.05) is 19.3 Å². The summed E-state index contributed by atoms with van der Waals surface area (Å²) in [4.78, 5) is 12.6. The molecular weight excluding hydrogens is 567 g/mol. The number of rotatable bonds is 19. The Morgan fingerprint density at radius 3 is 1.64 bits per heavy atom. The van der Waals surface area contributed by atoms with Crippen LogP contribution in [0.5, 0.6) is 17.2 Å². The third kappa shape index (κ3) is 10.0. The molecule has 3 aromatic carbocycles. The fraction of sp³-hybridized carbons (Fsp3) is 0.457. The lowest BCUT2D eigenvalue weighted by molar-refractivity contribution is 0.0729. The van der Waals surface area contributed by atoms with Gasteiger partial charge in [0.15, 0.2) is 0 Å². The molecule has 2 aliphatic heterocycles. The van der Waals surface area contributed by atoms with Crippen LogP contribution < -0.4 is 14.2 Å². The molecule has 0 aromatic heterocycles. The number of halogens is 1. The minimum Gasteiger partial charge on any atom is -0.494 e. The van der Waals surface area contributed by atoms with Crippen molar-refractivity contribution in [2.45, 2.75) is 50.7 Å². The van der Waals surface area contributed by atoms with Gasteiger partial charge in [-0.25, -0.2) is 9.18 Å². The maximum atomic E-state index is 14.7. The summed E-state index contributed by atoms with van der Waals surface area (Å²) in [7, 11) is 0. The van der Waals surface area contributed by atoms with Crippen molar-refractivity contribution < 1.29 is 42.3 Å². The zero-order valence-electron chi connectivity index (χ0n) is 25.5. The van der Waals surface area contributed by atoms with Gasteiger partial charge in [0.05, 0.1) is 45.2 Å². The van der Waals surface area contributed by atoms with Crippen molar-refractivity contribution in [2.75, 3.05) is 52.9 Å². The predicted octanol–water partition coefficient (Wildman–Crippen LogP) is 6.64. The Morgan fingerprint density at radius 1 is 0.682 bits per heavy atom. The van der Waals surface area contributed by atoms with Gasteiger partial charge in [-0.15, -0.1) is 0 Å². The highest BCUT2D eigenvalue weighted by atomic mass is 19.1. The Hall–Kier alpha value is -3.50. The second kappa shape index (κ2) is 15.0. The van der Waals surface area contributed by atoms with Gasteiger partial charge < -0.3 is 33.2 Å². The summed E-state index contributed by atoms with van der Waals surface area (Å²) < 4.78 is 53.4. The molecule has 0 bridgehead atoms. The quantitative estimate of drug-likeness (QED) is 0.0648. The number of ether oxygens (including phenoxy) is 7. The van der Waals surface area contributed by atoms with Crippen LogP contribution in [0.3, 0.4) is 0 Å². The van der Waals surface area contributed by atoms with Crippen molar-refractivity contribution in [1.29, 1.82) is 0 Å². The summed E-state index contributed by atoms with van der Waals surface area (Å²) in [5, 5.41) is 0. The number of carbonyl (C=O) groups is 1. The lowest BCUT2D eigenvalue weighted by atomic mass is 10.1. The Bertz CT molecular complexity index is 1350. The Labute approximate surface area is 258 Å². The smallest absolute Gasteiger partial charge is 0.346 e. The predicted molar refractivity (Wildman–Crippen MR) is 163 cm³/mol. The largest absolute Gasteiger partial charge is 0.494 e. The third-order valence-electron chi connectivity index (χ3n) is 7.41. The van der Waals surface area contributed by atoms with E-state index in [9.17, 15) is 9.18 Å². The lowest BCUT2D eigenvalue weighted by Crippen LogP contribution is -2.15. The molecule has 5 rings (SSSR count). The van der Waals surface area contributed by atoms with E-state index in [0.717, 1.165) is 55.8 Å². The normalized spacial score (nSPS) is 20.2. The van der Waals surface area contributed by atoms with Crippen molar-refractivity contribution in [3.8, 4) is 28.4 Å². The SMILES string of the molecule is CC1(COCCCCOc2ccc(-c3ccc(OC(=O)c4ccc(OCCCCOCC5(C)CO5)cc4F)cc3)cc2)CO1. The highest BCUT2D eigenvalue weighted by Crippen LogP contribution is 2.28. The van der Waals surface area contributed by atoms with Crippen molar-refractivity contribution in [2.24, 2.45) is 0 Å². The Morgan fingerprint density at radius 2 is 1.14 bits per heavy atom. The van der Waals surface area contributed by atoms with Gasteiger partial charge in [-0.2, -0.15) is 0 Å². The highest BCUT2D eigenvalue weighted by molar-refractivity contribution is 5.91. The number of carbonyl (C=O) groups excluding carboxylic acids is 1. The van der Waals surface area contributed by atoms with Crippen molar-refractivity contribution in [1.82, 2.24) is 0 Å². The molecule has 44 heavy (non-hydrogen) atoms. The minimum atomic E-state index is -0.772. The molecule has 0 amide bonds. The van der Waals surface area contributed by atoms with Crippen LogP contribution in [0, 0.1) is 5.82 Å². The molecule has 2 heterocycles. The van der Waals surface area contributed by atoms with Gasteiger partial charge >= 0.3 is 5.97 Å². The van der Waals surface area contributed by atoms with Gasteiger partial charge in [0.1, 0.15) is 34.3 Å². The zero-order valence-corrected chi connectivity index (χ0v) is 25.5. The molecule has 2 aliphatic rings. The minimum absolute atomic E-state index is 0.0627. The second-order valence-electron chi connectivity index (χ2n) is 11.8. The van der Waals surface area contributed by atoms with Gasteiger partial charge in [-0.1, -0.05) is 24.3 Å². The maximum absolute atomic E-state index is 14.7. The molecule has 3 aromatic rings. The molecule has 0 radical (unpaired) electrons. The molecule has 236 valence electrons. The molecule has 2 saturated heterocycles. The first kappa shape index (κ1) is 31.9. The van der Waals surface area contributed by atoms with Crippen molar-refractivity contribution in [3.05, 3.63) is 78.1 Å². The number of esters is 1. The summed E-state index contributed by atoms with van der Waals surface area (Å²) in [6, 6.07) is 19.0. The average molecular weight is 609 g/mol. The van der Waals surface area contributed by atoms with Gasteiger partial charge in [-0.05, 0) is 87.1 Å². The van der Waals surface area contributed by atoms with Gasteiger partial charge in [-0.3, -0.25) is 0 Å². The zero-order chi connectivity index (χ0) is 30.8. The highest BCUT2D eigenvalue weighted by Gasteiger charge is 2.39. The van der Waals surface area contributed by atoms with Crippen LogP contribution in [0.2, 0.25) is 0 Å². The van der Waals surface area contributed by atoms with Crippen LogP contribution in [0.15, 0.2) is 66.7 Å².